The molecule has 2 aromatic carbocycles. The highest BCUT2D eigenvalue weighted by Gasteiger charge is 2.18. The molecule has 0 aromatic heterocycles. The highest BCUT2D eigenvalue weighted by molar-refractivity contribution is 5.94. The predicted molar refractivity (Wildman–Crippen MR) is 116 cm³/mol. The number of likely N-dealkylation sites (N-methyl/N-ethyl adjacent to an activating group) is 1. The summed E-state index contributed by atoms with van der Waals surface area (Å²) in [7, 11) is 1.75. The van der Waals surface area contributed by atoms with E-state index in [1.165, 1.54) is 0 Å². The second kappa shape index (κ2) is 9.17. The van der Waals surface area contributed by atoms with Crippen LogP contribution in [0.15, 0.2) is 30.3 Å². The van der Waals surface area contributed by atoms with Crippen LogP contribution in [-0.4, -0.2) is 43.6 Å². The third kappa shape index (κ3) is 5.30. The minimum Gasteiger partial charge on any atom is -0.454 e. The summed E-state index contributed by atoms with van der Waals surface area (Å²) >= 11 is 0. The van der Waals surface area contributed by atoms with Crippen LogP contribution in [0.25, 0.3) is 0 Å². The first-order chi connectivity index (χ1) is 14.2. The van der Waals surface area contributed by atoms with Crippen molar-refractivity contribution in [3.63, 3.8) is 0 Å². The van der Waals surface area contributed by atoms with Crippen LogP contribution in [0.1, 0.15) is 35.2 Å². The van der Waals surface area contributed by atoms with E-state index < -0.39 is 0 Å². The van der Waals surface area contributed by atoms with Gasteiger partial charge in [-0.2, -0.15) is 0 Å². The number of aryl methyl sites for hydroxylation is 3. The van der Waals surface area contributed by atoms with Gasteiger partial charge in [-0.1, -0.05) is 23.8 Å². The monoisotopic (exact) mass is 411 g/mol. The number of hydrogen-bond donors (Lipinski definition) is 2. The summed E-state index contributed by atoms with van der Waals surface area (Å²) in [6, 6.07) is 9.51. The van der Waals surface area contributed by atoms with Gasteiger partial charge in [-0.05, 0) is 63.6 Å². The van der Waals surface area contributed by atoms with Crippen LogP contribution in [0, 0.1) is 20.8 Å². The lowest BCUT2D eigenvalue weighted by molar-refractivity contribution is -0.123. The quantitative estimate of drug-likeness (QED) is 0.732. The van der Waals surface area contributed by atoms with Crippen LogP contribution in [0.3, 0.4) is 0 Å². The van der Waals surface area contributed by atoms with Crippen LogP contribution >= 0.6 is 0 Å². The Bertz CT molecular complexity index is 934. The lowest BCUT2D eigenvalue weighted by Crippen LogP contribution is -2.39. The molecular weight excluding hydrogens is 382 g/mol. The number of fused-ring (bicyclic) bond motifs is 1. The van der Waals surface area contributed by atoms with Crippen molar-refractivity contribution in [2.45, 2.75) is 33.7 Å². The molecule has 0 saturated heterocycles. The van der Waals surface area contributed by atoms with E-state index in [1.54, 1.807) is 11.9 Å². The van der Waals surface area contributed by atoms with Gasteiger partial charge < -0.3 is 20.1 Å². The molecule has 0 spiro atoms. The molecule has 0 bridgehead atoms. The van der Waals surface area contributed by atoms with Crippen molar-refractivity contribution in [1.29, 1.82) is 0 Å². The van der Waals surface area contributed by atoms with E-state index in [1.807, 2.05) is 58.0 Å². The van der Waals surface area contributed by atoms with Gasteiger partial charge in [0.2, 0.25) is 18.6 Å². The Kier molecular flexibility index (Phi) is 6.62. The van der Waals surface area contributed by atoms with Crippen molar-refractivity contribution in [2.75, 3.05) is 32.2 Å². The summed E-state index contributed by atoms with van der Waals surface area (Å²) in [5, 5.41) is 5.92. The number of rotatable bonds is 7. The van der Waals surface area contributed by atoms with Crippen molar-refractivity contribution in [3.05, 3.63) is 52.6 Å². The highest BCUT2D eigenvalue weighted by Crippen LogP contribution is 2.34. The molecular formula is C23H29N3O4. The van der Waals surface area contributed by atoms with Gasteiger partial charge in [0.25, 0.3) is 0 Å². The van der Waals surface area contributed by atoms with Gasteiger partial charge in [0.15, 0.2) is 11.5 Å². The lowest BCUT2D eigenvalue weighted by Gasteiger charge is -2.20. The van der Waals surface area contributed by atoms with Crippen LogP contribution < -0.4 is 20.1 Å². The average Bonchev–Trinajstić information content (AvgIpc) is 3.12. The molecule has 2 amide bonds. The van der Waals surface area contributed by atoms with Crippen LogP contribution in [0.4, 0.5) is 5.69 Å². The molecule has 1 atom stereocenters. The fraction of sp³-hybridized carbons (Fsp3) is 0.391. The van der Waals surface area contributed by atoms with Crippen molar-refractivity contribution in [3.8, 4) is 11.5 Å². The zero-order valence-corrected chi connectivity index (χ0v) is 18.2. The molecule has 0 saturated carbocycles. The predicted octanol–water partition coefficient (Wildman–Crippen LogP) is 3.09. The molecule has 1 aliphatic rings. The van der Waals surface area contributed by atoms with Crippen molar-refractivity contribution in [2.24, 2.45) is 0 Å². The first-order valence-electron chi connectivity index (χ1n) is 9.98. The molecule has 0 aliphatic carbocycles. The molecule has 0 fully saturated rings. The Balaban J connectivity index is 1.50. The number of ether oxygens (including phenoxy) is 2. The zero-order valence-electron chi connectivity index (χ0n) is 18.2. The number of nitrogens with zero attached hydrogens (tertiary/aromatic N) is 1. The molecule has 0 unspecified atom stereocenters. The molecule has 3 rings (SSSR count). The third-order valence-corrected chi connectivity index (χ3v) is 5.04. The largest absolute Gasteiger partial charge is 0.454 e. The first-order valence-corrected chi connectivity index (χ1v) is 9.98. The molecule has 2 N–H and O–H groups in total. The Hall–Kier alpha value is -3.06. The van der Waals surface area contributed by atoms with E-state index in [-0.39, 0.29) is 37.7 Å². The molecule has 160 valence electrons. The van der Waals surface area contributed by atoms with Gasteiger partial charge in [0.05, 0.1) is 19.1 Å². The standard InChI is InChI=1S/C23H29N3O4/c1-14-8-15(2)23(16(3)9-14)25-22(28)12-26(5)11-21(27)24-17(4)18-6-7-19-20(10-18)30-13-29-19/h6-10,17H,11-13H2,1-5H3,(H,24,27)(H,25,28)/t17-/m1/s1. The summed E-state index contributed by atoms with van der Waals surface area (Å²) in [5.41, 5.74) is 4.98. The lowest BCUT2D eigenvalue weighted by atomic mass is 10.1. The maximum Gasteiger partial charge on any atom is 0.238 e. The third-order valence-electron chi connectivity index (χ3n) is 5.04. The summed E-state index contributed by atoms with van der Waals surface area (Å²) in [6.45, 7) is 8.35. The SMILES string of the molecule is Cc1cc(C)c(NC(=O)CN(C)CC(=O)N[C@H](C)c2ccc3c(c2)OCO3)c(C)c1. The summed E-state index contributed by atoms with van der Waals surface area (Å²) in [4.78, 5) is 26.5. The van der Waals surface area contributed by atoms with Crippen LogP contribution in [-0.2, 0) is 9.59 Å². The van der Waals surface area contributed by atoms with Gasteiger partial charge in [-0.3, -0.25) is 14.5 Å². The van der Waals surface area contributed by atoms with Crippen LogP contribution in [0.2, 0.25) is 0 Å². The number of carbonyl (C=O) groups is 2. The fourth-order valence-electron chi connectivity index (χ4n) is 3.66. The molecule has 7 nitrogen and oxygen atoms in total. The maximum absolute atomic E-state index is 12.4. The van der Waals surface area contributed by atoms with Gasteiger partial charge in [-0.15, -0.1) is 0 Å². The first kappa shape index (κ1) is 21.6. The molecule has 7 heteroatoms. The normalized spacial score (nSPS) is 13.3. The topological polar surface area (TPSA) is 79.9 Å². The van der Waals surface area contributed by atoms with Crippen LogP contribution in [0.5, 0.6) is 11.5 Å². The molecule has 1 heterocycles. The summed E-state index contributed by atoms with van der Waals surface area (Å²) < 4.78 is 10.7. The van der Waals surface area contributed by atoms with Gasteiger partial charge in [0, 0.05) is 5.69 Å². The maximum atomic E-state index is 12.4. The smallest absolute Gasteiger partial charge is 0.238 e. The van der Waals surface area contributed by atoms with E-state index in [4.69, 9.17) is 9.47 Å². The number of amides is 2. The number of benzene rings is 2. The number of hydrogen-bond acceptors (Lipinski definition) is 5. The van der Waals surface area contributed by atoms with Gasteiger partial charge in [-0.25, -0.2) is 0 Å². The number of nitrogens with one attached hydrogen (secondary N) is 2. The zero-order chi connectivity index (χ0) is 21.8. The minimum atomic E-state index is -0.188. The fourth-order valence-corrected chi connectivity index (χ4v) is 3.66. The second-order valence-corrected chi connectivity index (χ2v) is 7.90. The molecule has 2 aromatic rings. The van der Waals surface area contributed by atoms with E-state index in [9.17, 15) is 9.59 Å². The van der Waals surface area contributed by atoms with Crippen molar-refractivity contribution >= 4 is 17.5 Å². The van der Waals surface area contributed by atoms with E-state index in [0.717, 1.165) is 27.9 Å². The molecule has 0 radical (unpaired) electrons. The Morgan fingerprint density at radius 2 is 1.63 bits per heavy atom. The van der Waals surface area contributed by atoms with Crippen molar-refractivity contribution < 1.29 is 19.1 Å². The van der Waals surface area contributed by atoms with Gasteiger partial charge in [0.1, 0.15) is 0 Å². The van der Waals surface area contributed by atoms with E-state index in [2.05, 4.69) is 10.6 Å². The Labute approximate surface area is 177 Å². The summed E-state index contributed by atoms with van der Waals surface area (Å²) in [5.74, 6) is 1.09. The Morgan fingerprint density at radius 1 is 1.00 bits per heavy atom. The summed E-state index contributed by atoms with van der Waals surface area (Å²) in [6.07, 6.45) is 0. The number of anilines is 1. The van der Waals surface area contributed by atoms with Gasteiger partial charge >= 0.3 is 0 Å². The molecule has 30 heavy (non-hydrogen) atoms. The van der Waals surface area contributed by atoms with E-state index >= 15 is 0 Å². The van der Waals surface area contributed by atoms with E-state index in [0.29, 0.717) is 11.5 Å². The second-order valence-electron chi connectivity index (χ2n) is 7.90. The molecule has 1 aliphatic heterocycles. The highest BCUT2D eigenvalue weighted by atomic mass is 16.7. The minimum absolute atomic E-state index is 0.119. The average molecular weight is 412 g/mol. The Morgan fingerprint density at radius 3 is 2.33 bits per heavy atom. The van der Waals surface area contributed by atoms with Crippen molar-refractivity contribution in [1.82, 2.24) is 10.2 Å². The number of carbonyl (C=O) groups excluding carboxylic acids is 2.